The lowest BCUT2D eigenvalue weighted by Gasteiger charge is -1.82. The monoisotopic (exact) mass is 146 g/mol. The van der Waals surface area contributed by atoms with E-state index in [1.54, 1.807) is 0 Å². The second-order valence-electron chi connectivity index (χ2n) is 1.03. The minimum atomic E-state index is 0.175. The average molecular weight is 147 g/mol. The van der Waals surface area contributed by atoms with Crippen LogP contribution in [-0.4, -0.2) is 10.2 Å². The van der Waals surface area contributed by atoms with Crippen molar-refractivity contribution in [3.8, 4) is 0 Å². The maximum Gasteiger partial charge on any atom is 0.160 e. The Hall–Kier alpha value is -0.340. The molecule has 1 aromatic rings. The van der Waals surface area contributed by atoms with Crippen LogP contribution >= 0.6 is 23.2 Å². The van der Waals surface area contributed by atoms with E-state index in [0.717, 1.165) is 0 Å². The maximum atomic E-state index is 5.29. The van der Waals surface area contributed by atoms with Crippen LogP contribution in [0.25, 0.3) is 0 Å². The first-order valence-electron chi connectivity index (χ1n) is 1.78. The van der Waals surface area contributed by atoms with E-state index >= 15 is 0 Å². The quantitative estimate of drug-likeness (QED) is 0.553. The summed E-state index contributed by atoms with van der Waals surface area (Å²) in [6.07, 6.45) is 0. The molecule has 0 N–H and O–H groups in total. The molecule has 1 heterocycles. The van der Waals surface area contributed by atoms with Gasteiger partial charge in [0.25, 0.3) is 0 Å². The third kappa shape index (κ3) is 1.32. The Labute approximate surface area is 56.4 Å². The van der Waals surface area contributed by atoms with Gasteiger partial charge in [-0.3, -0.25) is 0 Å². The van der Waals surface area contributed by atoms with Gasteiger partial charge in [-0.1, -0.05) is 23.2 Å². The van der Waals surface area contributed by atoms with Crippen LogP contribution in [0, 0.1) is 12.1 Å². The zero-order chi connectivity index (χ0) is 5.98. The molecule has 0 unspecified atom stereocenters. The van der Waals surface area contributed by atoms with Crippen LogP contribution in [0.15, 0.2) is 0 Å². The zero-order valence-corrected chi connectivity index (χ0v) is 5.16. The number of aromatic nitrogens is 2. The molecule has 8 heavy (non-hydrogen) atoms. The second-order valence-corrected chi connectivity index (χ2v) is 1.75. The van der Waals surface area contributed by atoms with E-state index in [0.29, 0.717) is 0 Å². The lowest BCUT2D eigenvalue weighted by Crippen LogP contribution is -1.80. The van der Waals surface area contributed by atoms with Crippen LogP contribution < -0.4 is 0 Å². The number of nitrogens with zero attached hydrogens (tertiary/aromatic N) is 2. The van der Waals surface area contributed by atoms with E-state index in [-0.39, 0.29) is 10.3 Å². The summed E-state index contributed by atoms with van der Waals surface area (Å²) in [5.41, 5.74) is 0. The van der Waals surface area contributed by atoms with Crippen LogP contribution in [0.1, 0.15) is 0 Å². The molecule has 2 radical (unpaired) electrons. The van der Waals surface area contributed by atoms with Crippen molar-refractivity contribution in [3.05, 3.63) is 22.4 Å². The highest BCUT2D eigenvalue weighted by Crippen LogP contribution is 2.03. The van der Waals surface area contributed by atoms with E-state index < -0.39 is 0 Å². The summed E-state index contributed by atoms with van der Waals surface area (Å²) in [4.78, 5) is 0. The molecule has 0 aliphatic rings. The Bertz CT molecular complexity index is 151. The predicted molar refractivity (Wildman–Crippen MR) is 29.7 cm³/mol. The molecule has 0 fully saturated rings. The fraction of sp³-hybridized carbons (Fsp3) is 0. The first kappa shape index (κ1) is 5.79. The van der Waals surface area contributed by atoms with Gasteiger partial charge in [0.1, 0.15) is 0 Å². The van der Waals surface area contributed by atoms with Crippen LogP contribution in [0.3, 0.4) is 0 Å². The SMILES string of the molecule is Clc1[c][c]c(Cl)nn1. The van der Waals surface area contributed by atoms with Gasteiger partial charge >= 0.3 is 0 Å². The molecule has 0 amide bonds. The van der Waals surface area contributed by atoms with Crippen LogP contribution in [0.4, 0.5) is 0 Å². The summed E-state index contributed by atoms with van der Waals surface area (Å²) in [6.45, 7) is 0. The van der Waals surface area contributed by atoms with Gasteiger partial charge in [0.15, 0.2) is 10.3 Å². The Morgan fingerprint density at radius 2 is 1.38 bits per heavy atom. The molecular weight excluding hydrogens is 147 g/mol. The number of hydrogen-bond donors (Lipinski definition) is 0. The number of halogens is 2. The Balaban J connectivity index is 3.03. The van der Waals surface area contributed by atoms with Crippen LogP contribution in [0.5, 0.6) is 0 Å². The van der Waals surface area contributed by atoms with Crippen LogP contribution in [0.2, 0.25) is 10.3 Å². The maximum absolute atomic E-state index is 5.29. The normalized spacial score (nSPS) is 9.25. The highest BCUT2D eigenvalue weighted by atomic mass is 35.5. The lowest BCUT2D eigenvalue weighted by atomic mass is 10.6. The molecule has 0 aliphatic heterocycles. The van der Waals surface area contributed by atoms with Crippen LogP contribution in [-0.2, 0) is 0 Å². The van der Waals surface area contributed by atoms with Gasteiger partial charge in [0, 0.05) is 12.1 Å². The molecule has 40 valence electrons. The summed E-state index contributed by atoms with van der Waals surface area (Å²) < 4.78 is 0. The third-order valence-electron chi connectivity index (χ3n) is 0.494. The minimum Gasteiger partial charge on any atom is -0.136 e. The Morgan fingerprint density at radius 1 is 1.00 bits per heavy atom. The summed E-state index contributed by atoms with van der Waals surface area (Å²) in [5.74, 6) is 0. The molecule has 1 rings (SSSR count). The van der Waals surface area contributed by atoms with Crippen molar-refractivity contribution < 1.29 is 0 Å². The van der Waals surface area contributed by atoms with Gasteiger partial charge in [0.2, 0.25) is 0 Å². The molecule has 0 atom stereocenters. The molecule has 0 aromatic carbocycles. The van der Waals surface area contributed by atoms with E-state index in [1.165, 1.54) is 0 Å². The summed E-state index contributed by atoms with van der Waals surface area (Å²) >= 11 is 10.6. The highest BCUT2D eigenvalue weighted by Gasteiger charge is 1.88. The van der Waals surface area contributed by atoms with Crippen molar-refractivity contribution in [2.24, 2.45) is 0 Å². The predicted octanol–water partition coefficient (Wildman–Crippen LogP) is 1.38. The average Bonchev–Trinajstić information content (AvgIpc) is 1.77. The van der Waals surface area contributed by atoms with Crippen molar-refractivity contribution in [3.63, 3.8) is 0 Å². The first-order chi connectivity index (χ1) is 3.79. The van der Waals surface area contributed by atoms with E-state index in [4.69, 9.17) is 23.2 Å². The van der Waals surface area contributed by atoms with Crippen molar-refractivity contribution in [2.75, 3.05) is 0 Å². The van der Waals surface area contributed by atoms with Gasteiger partial charge in [-0.15, -0.1) is 10.2 Å². The third-order valence-corrected chi connectivity index (χ3v) is 0.835. The first-order valence-corrected chi connectivity index (χ1v) is 2.53. The molecule has 2 nitrogen and oxygen atoms in total. The van der Waals surface area contributed by atoms with E-state index in [2.05, 4.69) is 22.3 Å². The lowest BCUT2D eigenvalue weighted by molar-refractivity contribution is 1.03. The van der Waals surface area contributed by atoms with Crippen molar-refractivity contribution in [2.45, 2.75) is 0 Å². The molecule has 0 bridgehead atoms. The van der Waals surface area contributed by atoms with E-state index in [1.807, 2.05) is 0 Å². The number of rotatable bonds is 0. The van der Waals surface area contributed by atoms with Gasteiger partial charge < -0.3 is 0 Å². The van der Waals surface area contributed by atoms with Crippen molar-refractivity contribution >= 4 is 23.2 Å². The zero-order valence-electron chi connectivity index (χ0n) is 3.65. The summed E-state index contributed by atoms with van der Waals surface area (Å²) in [5, 5.41) is 7.10. The largest absolute Gasteiger partial charge is 0.160 e. The smallest absolute Gasteiger partial charge is 0.136 e. The number of hydrogen-bond acceptors (Lipinski definition) is 2. The van der Waals surface area contributed by atoms with Gasteiger partial charge in [-0.05, 0) is 0 Å². The minimum absolute atomic E-state index is 0.175. The fourth-order valence-electron chi connectivity index (χ4n) is 0.241. The molecule has 4 heteroatoms. The topological polar surface area (TPSA) is 25.8 Å². The summed E-state index contributed by atoms with van der Waals surface area (Å²) in [6, 6.07) is 4.87. The Morgan fingerprint density at radius 3 is 1.62 bits per heavy atom. The molecule has 1 aromatic heterocycles. The standard InChI is InChI=1S/C4Cl2N2/c5-3-1-2-4(6)8-7-3. The molecule has 0 spiro atoms. The molecule has 0 saturated heterocycles. The van der Waals surface area contributed by atoms with Gasteiger partial charge in [-0.25, -0.2) is 0 Å². The molecule has 0 aliphatic carbocycles. The second kappa shape index (κ2) is 2.29. The molecule has 0 saturated carbocycles. The highest BCUT2D eigenvalue weighted by molar-refractivity contribution is 6.30. The Kier molecular flexibility index (Phi) is 1.65. The van der Waals surface area contributed by atoms with Gasteiger partial charge in [-0.2, -0.15) is 0 Å². The molecular formula is C4Cl2N2. The van der Waals surface area contributed by atoms with Gasteiger partial charge in [0.05, 0.1) is 0 Å². The fourth-order valence-corrected chi connectivity index (χ4v) is 0.411. The van der Waals surface area contributed by atoms with Crippen molar-refractivity contribution in [1.82, 2.24) is 10.2 Å². The summed E-state index contributed by atoms with van der Waals surface area (Å²) in [7, 11) is 0. The van der Waals surface area contributed by atoms with Crippen molar-refractivity contribution in [1.29, 1.82) is 0 Å². The van der Waals surface area contributed by atoms with E-state index in [9.17, 15) is 0 Å².